The fraction of sp³-hybridized carbons (Fsp3) is 0.417. The minimum atomic E-state index is -1.11. The molecule has 0 spiro atoms. The zero-order valence-electron chi connectivity index (χ0n) is 9.50. The van der Waals surface area contributed by atoms with Crippen LogP contribution in [0.5, 0.6) is 0 Å². The van der Waals surface area contributed by atoms with Crippen molar-refractivity contribution in [2.75, 3.05) is 6.54 Å². The molecule has 3 nitrogen and oxygen atoms in total. The lowest BCUT2D eigenvalue weighted by Gasteiger charge is -2.24. The molecule has 0 aliphatic carbocycles. The Labute approximate surface area is 94.5 Å². The predicted molar refractivity (Wildman–Crippen MR) is 56.1 cm³/mol. The molecule has 1 N–H and O–H groups in total. The van der Waals surface area contributed by atoms with E-state index in [0.717, 1.165) is 4.90 Å². The van der Waals surface area contributed by atoms with Gasteiger partial charge in [0, 0.05) is 5.56 Å². The van der Waals surface area contributed by atoms with Crippen molar-refractivity contribution in [2.24, 2.45) is 0 Å². The SMILES string of the molecule is CC(C)[NH+](CC(=O)[O-])Cc1ccccc1F. The minimum absolute atomic E-state index is 0.105. The van der Waals surface area contributed by atoms with Crippen molar-refractivity contribution in [3.8, 4) is 0 Å². The molecule has 0 saturated carbocycles. The normalized spacial score (nSPS) is 12.8. The molecule has 1 aromatic rings. The van der Waals surface area contributed by atoms with E-state index < -0.39 is 5.97 Å². The van der Waals surface area contributed by atoms with E-state index in [1.807, 2.05) is 13.8 Å². The summed E-state index contributed by atoms with van der Waals surface area (Å²) in [6.07, 6.45) is 0. The molecule has 88 valence electrons. The zero-order valence-corrected chi connectivity index (χ0v) is 9.50. The van der Waals surface area contributed by atoms with Gasteiger partial charge in [-0.15, -0.1) is 0 Å². The van der Waals surface area contributed by atoms with E-state index in [1.54, 1.807) is 18.2 Å². The van der Waals surface area contributed by atoms with E-state index in [4.69, 9.17) is 0 Å². The Balaban J connectivity index is 2.76. The van der Waals surface area contributed by atoms with E-state index >= 15 is 0 Å². The second-order valence-corrected chi connectivity index (χ2v) is 4.13. The van der Waals surface area contributed by atoms with Gasteiger partial charge in [0.1, 0.15) is 18.9 Å². The van der Waals surface area contributed by atoms with Crippen LogP contribution >= 0.6 is 0 Å². The number of carboxylic acid groups (broad SMARTS) is 1. The van der Waals surface area contributed by atoms with Crippen molar-refractivity contribution >= 4 is 5.97 Å². The summed E-state index contributed by atoms with van der Waals surface area (Å²) in [4.78, 5) is 11.3. The molecule has 0 aromatic heterocycles. The van der Waals surface area contributed by atoms with Crippen LogP contribution in [0.15, 0.2) is 24.3 Å². The number of halogens is 1. The van der Waals surface area contributed by atoms with Crippen molar-refractivity contribution in [3.63, 3.8) is 0 Å². The third-order valence-corrected chi connectivity index (χ3v) is 2.56. The van der Waals surface area contributed by atoms with Crippen molar-refractivity contribution in [1.29, 1.82) is 0 Å². The number of benzene rings is 1. The molecule has 1 rings (SSSR count). The van der Waals surface area contributed by atoms with Crippen molar-refractivity contribution in [3.05, 3.63) is 35.6 Å². The lowest BCUT2D eigenvalue weighted by atomic mass is 10.2. The largest absolute Gasteiger partial charge is 0.544 e. The van der Waals surface area contributed by atoms with Gasteiger partial charge in [0.05, 0.1) is 12.0 Å². The standard InChI is InChI=1S/C12H16FNO2/c1-9(2)14(8-12(15)16)7-10-5-3-4-6-11(10)13/h3-6,9H,7-8H2,1-2H3,(H,15,16). The summed E-state index contributed by atoms with van der Waals surface area (Å²) in [5, 5.41) is 10.6. The Morgan fingerprint density at radius 2 is 2.06 bits per heavy atom. The highest BCUT2D eigenvalue weighted by molar-refractivity contribution is 5.65. The van der Waals surface area contributed by atoms with Crippen LogP contribution in [-0.2, 0) is 11.3 Å². The van der Waals surface area contributed by atoms with Crippen molar-refractivity contribution in [2.45, 2.75) is 26.4 Å². The maximum absolute atomic E-state index is 13.4. The molecule has 0 bridgehead atoms. The minimum Gasteiger partial charge on any atom is -0.544 e. The first-order chi connectivity index (χ1) is 7.50. The molecular formula is C12H16FNO2. The summed E-state index contributed by atoms with van der Waals surface area (Å²) in [6.45, 7) is 4.06. The Morgan fingerprint density at radius 1 is 1.44 bits per heavy atom. The van der Waals surface area contributed by atoms with Gasteiger partial charge in [-0.1, -0.05) is 18.2 Å². The molecule has 4 heteroatoms. The van der Waals surface area contributed by atoms with Gasteiger partial charge in [0.15, 0.2) is 0 Å². The Hall–Kier alpha value is -1.42. The molecule has 1 unspecified atom stereocenters. The van der Waals surface area contributed by atoms with E-state index in [0.29, 0.717) is 12.1 Å². The first-order valence-electron chi connectivity index (χ1n) is 5.28. The zero-order chi connectivity index (χ0) is 12.1. The predicted octanol–water partition coefficient (Wildman–Crippen LogP) is -0.631. The van der Waals surface area contributed by atoms with Crippen molar-refractivity contribution in [1.82, 2.24) is 0 Å². The van der Waals surface area contributed by atoms with Crippen LogP contribution < -0.4 is 10.0 Å². The monoisotopic (exact) mass is 225 g/mol. The highest BCUT2D eigenvalue weighted by Crippen LogP contribution is 2.04. The second kappa shape index (κ2) is 5.61. The number of hydrogen-bond donors (Lipinski definition) is 1. The smallest absolute Gasteiger partial charge is 0.132 e. The molecule has 0 saturated heterocycles. The maximum Gasteiger partial charge on any atom is 0.132 e. The lowest BCUT2D eigenvalue weighted by molar-refractivity contribution is -0.929. The Morgan fingerprint density at radius 3 is 2.56 bits per heavy atom. The highest BCUT2D eigenvalue weighted by atomic mass is 19.1. The summed E-state index contributed by atoms with van der Waals surface area (Å²) in [6, 6.07) is 6.53. The summed E-state index contributed by atoms with van der Waals surface area (Å²) < 4.78 is 13.4. The number of hydrogen-bond acceptors (Lipinski definition) is 2. The molecule has 0 aliphatic rings. The Kier molecular flexibility index (Phi) is 4.43. The summed E-state index contributed by atoms with van der Waals surface area (Å²) in [7, 11) is 0. The molecule has 0 heterocycles. The number of nitrogens with one attached hydrogen (secondary N) is 1. The van der Waals surface area contributed by atoms with Crippen LogP contribution in [0.25, 0.3) is 0 Å². The first-order valence-corrected chi connectivity index (χ1v) is 5.28. The number of carbonyl (C=O) groups excluding carboxylic acids is 1. The number of aliphatic carboxylic acids is 1. The van der Waals surface area contributed by atoms with E-state index in [1.165, 1.54) is 6.07 Å². The summed E-state index contributed by atoms with van der Waals surface area (Å²) in [5.41, 5.74) is 0.535. The maximum atomic E-state index is 13.4. The van der Waals surface area contributed by atoms with Crippen LogP contribution in [0, 0.1) is 5.82 Å². The van der Waals surface area contributed by atoms with Crippen molar-refractivity contribution < 1.29 is 19.2 Å². The van der Waals surface area contributed by atoms with Crippen LogP contribution in [0.1, 0.15) is 19.4 Å². The molecule has 0 fully saturated rings. The average molecular weight is 225 g/mol. The second-order valence-electron chi connectivity index (χ2n) is 4.13. The molecule has 1 atom stereocenters. The van der Waals surface area contributed by atoms with Gasteiger partial charge in [-0.25, -0.2) is 4.39 Å². The molecular weight excluding hydrogens is 209 g/mol. The van der Waals surface area contributed by atoms with Crippen LogP contribution in [-0.4, -0.2) is 18.6 Å². The summed E-state index contributed by atoms with van der Waals surface area (Å²) >= 11 is 0. The third kappa shape index (κ3) is 3.62. The molecule has 16 heavy (non-hydrogen) atoms. The van der Waals surface area contributed by atoms with Gasteiger partial charge in [-0.3, -0.25) is 0 Å². The fourth-order valence-electron chi connectivity index (χ4n) is 1.54. The number of carboxylic acids is 1. The molecule has 0 aliphatic heterocycles. The van der Waals surface area contributed by atoms with Gasteiger partial charge in [0.25, 0.3) is 0 Å². The van der Waals surface area contributed by atoms with E-state index in [2.05, 4.69) is 0 Å². The quantitative estimate of drug-likeness (QED) is 0.725. The van der Waals surface area contributed by atoms with Gasteiger partial charge in [-0.2, -0.15) is 0 Å². The fourth-order valence-corrected chi connectivity index (χ4v) is 1.54. The third-order valence-electron chi connectivity index (χ3n) is 2.56. The Bertz CT molecular complexity index is 366. The highest BCUT2D eigenvalue weighted by Gasteiger charge is 2.15. The lowest BCUT2D eigenvalue weighted by Crippen LogP contribution is -3.15. The number of quaternary nitrogens is 1. The van der Waals surface area contributed by atoms with Gasteiger partial charge < -0.3 is 14.8 Å². The van der Waals surface area contributed by atoms with Crippen LogP contribution in [0.4, 0.5) is 4.39 Å². The van der Waals surface area contributed by atoms with Gasteiger partial charge >= 0.3 is 0 Å². The van der Waals surface area contributed by atoms with E-state index in [9.17, 15) is 14.3 Å². The molecule has 1 aromatic carbocycles. The van der Waals surface area contributed by atoms with Crippen LogP contribution in [0.3, 0.4) is 0 Å². The van der Waals surface area contributed by atoms with Gasteiger partial charge in [-0.05, 0) is 19.9 Å². The average Bonchev–Trinajstić information content (AvgIpc) is 2.19. The summed E-state index contributed by atoms with van der Waals surface area (Å²) in [5.74, 6) is -1.40. The van der Waals surface area contributed by atoms with Crippen LogP contribution in [0.2, 0.25) is 0 Å². The number of carbonyl (C=O) groups is 1. The number of rotatable bonds is 5. The van der Waals surface area contributed by atoms with E-state index in [-0.39, 0.29) is 18.4 Å². The molecule has 0 radical (unpaired) electrons. The molecule has 0 amide bonds. The van der Waals surface area contributed by atoms with Gasteiger partial charge in [0.2, 0.25) is 0 Å². The first kappa shape index (κ1) is 12.6. The topological polar surface area (TPSA) is 44.6 Å².